The van der Waals surface area contributed by atoms with Crippen LogP contribution in [0.2, 0.25) is 0 Å². The summed E-state index contributed by atoms with van der Waals surface area (Å²) in [5, 5.41) is 3.34. The first-order valence-electron chi connectivity index (χ1n) is 11.8. The largest absolute Gasteiger partial charge is 0.350 e. The molecule has 2 heterocycles. The van der Waals surface area contributed by atoms with Crippen molar-refractivity contribution in [3.05, 3.63) is 47.4 Å². The third-order valence-electron chi connectivity index (χ3n) is 7.27. The molecule has 1 saturated heterocycles. The van der Waals surface area contributed by atoms with Gasteiger partial charge in [-0.3, -0.25) is 9.69 Å². The number of nitrogens with zero attached hydrogens (tertiary/aromatic N) is 4. The predicted molar refractivity (Wildman–Crippen MR) is 135 cm³/mol. The van der Waals surface area contributed by atoms with E-state index in [9.17, 15) is 13.2 Å². The summed E-state index contributed by atoms with van der Waals surface area (Å²) in [4.78, 5) is 19.5. The lowest BCUT2D eigenvalue weighted by molar-refractivity contribution is 0.0239. The van der Waals surface area contributed by atoms with Crippen molar-refractivity contribution in [2.75, 3.05) is 32.7 Å². The number of aromatic nitrogens is 2. The average Bonchev–Trinajstić information content (AvgIpc) is 3.25. The summed E-state index contributed by atoms with van der Waals surface area (Å²) in [5.74, 6) is -0.0214. The Kier molecular flexibility index (Phi) is 8.44. The van der Waals surface area contributed by atoms with Crippen LogP contribution in [-0.4, -0.2) is 71.3 Å². The number of carbonyl (C=O) groups is 1. The van der Waals surface area contributed by atoms with E-state index in [-0.39, 0.29) is 28.9 Å². The van der Waals surface area contributed by atoms with Crippen molar-refractivity contribution in [2.24, 2.45) is 7.05 Å². The van der Waals surface area contributed by atoms with Crippen molar-refractivity contribution in [1.29, 1.82) is 0 Å². The number of nitrogens with one attached hydrogen (secondary N) is 1. The standard InChI is InChI=1S/C24H35N5O3S.ClH/c1-19-8-7-9-20(2)22(19)23(30)25-17-24(10-5-4-6-11-24)28-12-14-29(15-13-28)33(31,32)21-16-27(3)18-26-21;/h7-9,16,18H,4-6,10-15,17H2,1-3H3,(H,25,30);1H. The fourth-order valence-corrected chi connectivity index (χ4v) is 6.77. The van der Waals surface area contributed by atoms with Crippen LogP contribution < -0.4 is 5.32 Å². The van der Waals surface area contributed by atoms with Gasteiger partial charge in [0.15, 0.2) is 5.03 Å². The number of amides is 1. The van der Waals surface area contributed by atoms with Crippen LogP contribution in [0.25, 0.3) is 0 Å². The minimum Gasteiger partial charge on any atom is -0.350 e. The molecule has 2 aromatic rings. The number of rotatable bonds is 6. The highest BCUT2D eigenvalue weighted by Gasteiger charge is 2.41. The zero-order chi connectivity index (χ0) is 23.6. The molecule has 0 bridgehead atoms. The first-order valence-corrected chi connectivity index (χ1v) is 13.2. The van der Waals surface area contributed by atoms with E-state index in [0.717, 1.165) is 42.4 Å². The number of benzene rings is 1. The van der Waals surface area contributed by atoms with Gasteiger partial charge < -0.3 is 9.88 Å². The minimum absolute atomic E-state index is 0. The number of aryl methyl sites for hydroxylation is 3. The highest BCUT2D eigenvalue weighted by Crippen LogP contribution is 2.34. The molecule has 188 valence electrons. The molecule has 4 rings (SSSR count). The molecule has 1 aliphatic heterocycles. The van der Waals surface area contributed by atoms with E-state index in [1.54, 1.807) is 17.8 Å². The lowest BCUT2D eigenvalue weighted by Crippen LogP contribution is -2.62. The maximum atomic E-state index is 13.1. The minimum atomic E-state index is -3.58. The maximum absolute atomic E-state index is 13.1. The lowest BCUT2D eigenvalue weighted by Gasteiger charge is -2.49. The Morgan fingerprint density at radius 1 is 1.06 bits per heavy atom. The van der Waals surface area contributed by atoms with Gasteiger partial charge in [0, 0.05) is 57.1 Å². The van der Waals surface area contributed by atoms with Crippen molar-refractivity contribution in [3.63, 3.8) is 0 Å². The zero-order valence-electron chi connectivity index (χ0n) is 20.3. The number of imidazole rings is 1. The summed E-state index contributed by atoms with van der Waals surface area (Å²) >= 11 is 0. The topological polar surface area (TPSA) is 87.5 Å². The SMILES string of the molecule is Cc1cccc(C)c1C(=O)NCC1(N2CCN(S(=O)(=O)c3cn(C)cn3)CC2)CCCCC1.Cl. The van der Waals surface area contributed by atoms with Gasteiger partial charge in [0.1, 0.15) is 0 Å². The second-order valence-corrected chi connectivity index (χ2v) is 11.4. The third-order valence-corrected chi connectivity index (χ3v) is 9.05. The summed E-state index contributed by atoms with van der Waals surface area (Å²) in [5.41, 5.74) is 2.61. The first kappa shape index (κ1) is 26.7. The summed E-state index contributed by atoms with van der Waals surface area (Å²) in [6, 6.07) is 5.92. The van der Waals surface area contributed by atoms with Crippen LogP contribution in [0, 0.1) is 13.8 Å². The lowest BCUT2D eigenvalue weighted by atomic mass is 9.79. The molecule has 1 N–H and O–H groups in total. The number of sulfonamides is 1. The van der Waals surface area contributed by atoms with Crippen LogP contribution >= 0.6 is 12.4 Å². The second-order valence-electron chi connectivity index (χ2n) is 9.50. The first-order chi connectivity index (χ1) is 15.7. The van der Waals surface area contributed by atoms with Crippen LogP contribution in [0.1, 0.15) is 53.6 Å². The molecule has 2 aliphatic rings. The molecule has 0 radical (unpaired) electrons. The number of carbonyl (C=O) groups excluding carboxylic acids is 1. The average molecular weight is 510 g/mol. The van der Waals surface area contributed by atoms with Crippen LogP contribution in [0.5, 0.6) is 0 Å². The number of hydrogen-bond acceptors (Lipinski definition) is 5. The predicted octanol–water partition coefficient (Wildman–Crippen LogP) is 2.90. The Hall–Kier alpha value is -1.94. The monoisotopic (exact) mass is 509 g/mol. The van der Waals surface area contributed by atoms with Gasteiger partial charge in [-0.1, -0.05) is 37.5 Å². The van der Waals surface area contributed by atoms with E-state index >= 15 is 0 Å². The molecule has 1 aromatic heterocycles. The summed E-state index contributed by atoms with van der Waals surface area (Å²) < 4.78 is 29.1. The van der Waals surface area contributed by atoms with Crippen molar-refractivity contribution < 1.29 is 13.2 Å². The molecule has 8 nitrogen and oxygen atoms in total. The molecule has 34 heavy (non-hydrogen) atoms. The molecular formula is C24H36ClN5O3S. The quantitative estimate of drug-likeness (QED) is 0.647. The smallest absolute Gasteiger partial charge is 0.262 e. The van der Waals surface area contributed by atoms with E-state index in [4.69, 9.17) is 0 Å². The van der Waals surface area contributed by atoms with Gasteiger partial charge in [0.05, 0.1) is 6.33 Å². The highest BCUT2D eigenvalue weighted by atomic mass is 35.5. The van der Waals surface area contributed by atoms with Crippen LogP contribution in [0.15, 0.2) is 35.7 Å². The van der Waals surface area contributed by atoms with Crippen molar-refractivity contribution in [3.8, 4) is 0 Å². The normalized spacial score (nSPS) is 19.4. The van der Waals surface area contributed by atoms with E-state index in [1.165, 1.54) is 17.1 Å². The van der Waals surface area contributed by atoms with Gasteiger partial charge in [-0.2, -0.15) is 4.31 Å². The van der Waals surface area contributed by atoms with Gasteiger partial charge in [-0.15, -0.1) is 12.4 Å². The van der Waals surface area contributed by atoms with Crippen LogP contribution in [0.3, 0.4) is 0 Å². The molecular weight excluding hydrogens is 474 g/mol. The van der Waals surface area contributed by atoms with E-state index in [0.29, 0.717) is 32.7 Å². The molecule has 1 aliphatic carbocycles. The molecule has 0 atom stereocenters. The molecule has 1 aromatic carbocycles. The number of halogens is 1. The Morgan fingerprint density at radius 2 is 1.68 bits per heavy atom. The van der Waals surface area contributed by atoms with Gasteiger partial charge >= 0.3 is 0 Å². The van der Waals surface area contributed by atoms with Crippen molar-refractivity contribution in [2.45, 2.75) is 56.5 Å². The summed E-state index contributed by atoms with van der Waals surface area (Å²) in [6.45, 7) is 6.72. The summed E-state index contributed by atoms with van der Waals surface area (Å²) in [7, 11) is -1.81. The molecule has 1 amide bonds. The van der Waals surface area contributed by atoms with E-state index in [2.05, 4.69) is 15.2 Å². The second kappa shape index (κ2) is 10.8. The summed E-state index contributed by atoms with van der Waals surface area (Å²) in [6.07, 6.45) is 8.57. The zero-order valence-corrected chi connectivity index (χ0v) is 21.9. The van der Waals surface area contributed by atoms with Crippen molar-refractivity contribution in [1.82, 2.24) is 24.1 Å². The number of hydrogen-bond donors (Lipinski definition) is 1. The Morgan fingerprint density at radius 3 is 2.24 bits per heavy atom. The number of piperazine rings is 1. The highest BCUT2D eigenvalue weighted by molar-refractivity contribution is 7.89. The van der Waals surface area contributed by atoms with Gasteiger partial charge in [0.2, 0.25) is 0 Å². The maximum Gasteiger partial charge on any atom is 0.262 e. The van der Waals surface area contributed by atoms with Gasteiger partial charge in [-0.05, 0) is 37.8 Å². The van der Waals surface area contributed by atoms with E-state index < -0.39 is 10.0 Å². The molecule has 0 spiro atoms. The molecule has 10 heteroatoms. The molecule has 2 fully saturated rings. The van der Waals surface area contributed by atoms with Crippen LogP contribution in [0.4, 0.5) is 0 Å². The van der Waals surface area contributed by atoms with Gasteiger partial charge in [0.25, 0.3) is 15.9 Å². The fourth-order valence-electron chi connectivity index (χ4n) is 5.38. The van der Waals surface area contributed by atoms with Crippen molar-refractivity contribution >= 4 is 28.3 Å². The molecule has 1 saturated carbocycles. The Bertz CT molecular complexity index is 1080. The Balaban J connectivity index is 0.00000324. The van der Waals surface area contributed by atoms with Crippen LogP contribution in [-0.2, 0) is 17.1 Å². The third kappa shape index (κ3) is 5.32. The van der Waals surface area contributed by atoms with E-state index in [1.807, 2.05) is 32.0 Å². The fraction of sp³-hybridized carbons (Fsp3) is 0.583. The van der Waals surface area contributed by atoms with Gasteiger partial charge in [-0.25, -0.2) is 13.4 Å². The molecule has 0 unspecified atom stereocenters. The Labute approximate surface area is 209 Å².